The molecule has 3 rings (SSSR count). The number of nitrogens with one attached hydrogen (secondary N) is 2. The van der Waals surface area contributed by atoms with Gasteiger partial charge in [-0.05, 0) is 58.9 Å². The van der Waals surface area contributed by atoms with Gasteiger partial charge in [0.15, 0.2) is 11.1 Å². The summed E-state index contributed by atoms with van der Waals surface area (Å²) in [6.45, 7) is 6.55. The Bertz CT molecular complexity index is 1220. The first-order chi connectivity index (χ1) is 17.0. The Morgan fingerprint density at radius 2 is 1.67 bits per heavy atom. The number of rotatable bonds is 9. The molecule has 0 aliphatic rings. The predicted molar refractivity (Wildman–Crippen MR) is 146 cm³/mol. The van der Waals surface area contributed by atoms with E-state index in [2.05, 4.69) is 43.5 Å². The second-order valence-corrected chi connectivity index (χ2v) is 11.1. The number of benzene rings is 3. The molecule has 6 nitrogen and oxygen atoms in total. The first-order valence-electron chi connectivity index (χ1n) is 11.6. The van der Waals surface area contributed by atoms with E-state index in [1.165, 1.54) is 5.56 Å². The molecule has 2 atom stereocenters. The Morgan fingerprint density at radius 3 is 2.25 bits per heavy atom. The third-order valence-corrected chi connectivity index (χ3v) is 6.59. The largest absolute Gasteiger partial charge is 0.351 e. The van der Waals surface area contributed by atoms with Crippen molar-refractivity contribution in [3.05, 3.63) is 100 Å². The number of carbonyl (C=O) groups excluding carboxylic acids is 2. The number of hydrogen-bond acceptors (Lipinski definition) is 3. The normalized spacial score (nSPS) is 13.0. The molecule has 36 heavy (non-hydrogen) atoms. The third kappa shape index (κ3) is 8.01. The van der Waals surface area contributed by atoms with E-state index < -0.39 is 17.0 Å². The number of hydrogen-bond donors (Lipinski definition) is 3. The standard InChI is InChI=1S/C28H31ClN2O4S/c1-28(2,3)22-13-11-20(12-14-22)25(27(33)31-24-6-4-5-23(29)18-24)17-19-7-9-21(10-8-19)26(32)30-15-16-36(34)35/h4-14,18,25H,15-17H2,1-3H3,(H,30,32)(H,31,33)(H,34,35). The van der Waals surface area contributed by atoms with Crippen molar-refractivity contribution in [1.82, 2.24) is 5.32 Å². The fourth-order valence-corrected chi connectivity index (χ4v) is 4.22. The number of amides is 2. The molecule has 0 bridgehead atoms. The smallest absolute Gasteiger partial charge is 0.251 e. The van der Waals surface area contributed by atoms with Crippen LogP contribution in [-0.2, 0) is 27.7 Å². The van der Waals surface area contributed by atoms with Crippen molar-refractivity contribution in [2.45, 2.75) is 38.5 Å². The molecule has 0 spiro atoms. The fraction of sp³-hybridized carbons (Fsp3) is 0.286. The van der Waals surface area contributed by atoms with Gasteiger partial charge in [-0.1, -0.05) is 74.8 Å². The molecule has 0 saturated heterocycles. The molecule has 3 aromatic rings. The first-order valence-corrected chi connectivity index (χ1v) is 13.3. The molecule has 0 aromatic heterocycles. The number of carbonyl (C=O) groups is 2. The summed E-state index contributed by atoms with van der Waals surface area (Å²) in [6, 6.07) is 22.2. The van der Waals surface area contributed by atoms with Crippen LogP contribution in [-0.4, -0.2) is 32.9 Å². The SMILES string of the molecule is CC(C)(C)c1ccc(C(Cc2ccc(C(=O)NCCS(=O)O)cc2)C(=O)Nc2cccc(Cl)c2)cc1. The maximum atomic E-state index is 13.4. The molecule has 0 radical (unpaired) electrons. The van der Waals surface area contributed by atoms with E-state index in [9.17, 15) is 13.8 Å². The van der Waals surface area contributed by atoms with E-state index in [1.54, 1.807) is 36.4 Å². The molecule has 0 aliphatic carbocycles. The molecule has 8 heteroatoms. The molecule has 3 aromatic carbocycles. The zero-order valence-electron chi connectivity index (χ0n) is 20.6. The Morgan fingerprint density at radius 1 is 1.00 bits per heavy atom. The van der Waals surface area contributed by atoms with Crippen molar-refractivity contribution in [2.24, 2.45) is 0 Å². The minimum Gasteiger partial charge on any atom is -0.351 e. The van der Waals surface area contributed by atoms with Crippen molar-refractivity contribution in [3.8, 4) is 0 Å². The summed E-state index contributed by atoms with van der Waals surface area (Å²) in [5, 5.41) is 6.13. The summed E-state index contributed by atoms with van der Waals surface area (Å²) in [5.74, 6) is -0.960. The highest BCUT2D eigenvalue weighted by molar-refractivity contribution is 7.79. The lowest BCUT2D eigenvalue weighted by Gasteiger charge is -2.22. The summed E-state index contributed by atoms with van der Waals surface area (Å²) in [5.41, 5.74) is 4.03. The summed E-state index contributed by atoms with van der Waals surface area (Å²) < 4.78 is 19.6. The number of anilines is 1. The van der Waals surface area contributed by atoms with E-state index in [0.717, 1.165) is 11.1 Å². The van der Waals surface area contributed by atoms with E-state index in [4.69, 9.17) is 16.2 Å². The van der Waals surface area contributed by atoms with E-state index in [1.807, 2.05) is 24.3 Å². The zero-order chi connectivity index (χ0) is 26.3. The summed E-state index contributed by atoms with van der Waals surface area (Å²) in [7, 11) is 0. The Kier molecular flexibility index (Phi) is 9.43. The molecule has 2 amide bonds. The summed E-state index contributed by atoms with van der Waals surface area (Å²) >= 11 is 4.14. The van der Waals surface area contributed by atoms with Crippen molar-refractivity contribution in [1.29, 1.82) is 0 Å². The monoisotopic (exact) mass is 526 g/mol. The fourth-order valence-electron chi connectivity index (χ4n) is 3.75. The Balaban J connectivity index is 1.81. The van der Waals surface area contributed by atoms with Crippen LogP contribution in [0.1, 0.15) is 53.7 Å². The second kappa shape index (κ2) is 12.3. The van der Waals surface area contributed by atoms with Gasteiger partial charge in [-0.3, -0.25) is 9.59 Å². The van der Waals surface area contributed by atoms with Gasteiger partial charge in [-0.15, -0.1) is 0 Å². The molecule has 3 N–H and O–H groups in total. The average Bonchev–Trinajstić information content (AvgIpc) is 2.82. The molecule has 0 aliphatic heterocycles. The molecular weight excluding hydrogens is 496 g/mol. The van der Waals surface area contributed by atoms with Gasteiger partial charge in [0.05, 0.1) is 11.7 Å². The molecular formula is C28H31ClN2O4S. The van der Waals surface area contributed by atoms with E-state index in [-0.39, 0.29) is 29.5 Å². The van der Waals surface area contributed by atoms with E-state index >= 15 is 0 Å². The molecule has 0 fully saturated rings. The molecule has 0 saturated carbocycles. The van der Waals surface area contributed by atoms with Gasteiger partial charge in [0.25, 0.3) is 5.91 Å². The zero-order valence-corrected chi connectivity index (χ0v) is 22.2. The lowest BCUT2D eigenvalue weighted by molar-refractivity contribution is -0.117. The minimum absolute atomic E-state index is 0.000305. The Labute approximate surface area is 219 Å². The second-order valence-electron chi connectivity index (χ2n) is 9.61. The maximum Gasteiger partial charge on any atom is 0.251 e. The van der Waals surface area contributed by atoms with Crippen LogP contribution in [0.4, 0.5) is 5.69 Å². The van der Waals surface area contributed by atoms with Crippen molar-refractivity contribution in [2.75, 3.05) is 17.6 Å². The third-order valence-electron chi connectivity index (χ3n) is 5.81. The van der Waals surface area contributed by atoms with Crippen molar-refractivity contribution >= 4 is 40.2 Å². The maximum absolute atomic E-state index is 13.4. The van der Waals surface area contributed by atoms with Gasteiger partial charge < -0.3 is 15.2 Å². The minimum atomic E-state index is -1.95. The molecule has 190 valence electrons. The first kappa shape index (κ1) is 27.6. The van der Waals surface area contributed by atoms with Crippen LogP contribution in [0.25, 0.3) is 0 Å². The van der Waals surface area contributed by atoms with Gasteiger partial charge in [0, 0.05) is 22.8 Å². The highest BCUT2D eigenvalue weighted by atomic mass is 35.5. The van der Waals surface area contributed by atoms with Crippen LogP contribution < -0.4 is 10.6 Å². The van der Waals surface area contributed by atoms with Crippen molar-refractivity contribution in [3.63, 3.8) is 0 Å². The van der Waals surface area contributed by atoms with Crippen LogP contribution in [0, 0.1) is 0 Å². The summed E-state index contributed by atoms with van der Waals surface area (Å²) in [4.78, 5) is 25.7. The van der Waals surface area contributed by atoms with E-state index in [0.29, 0.717) is 22.7 Å². The average molecular weight is 527 g/mol. The van der Waals surface area contributed by atoms with Crippen LogP contribution in [0.3, 0.4) is 0 Å². The topological polar surface area (TPSA) is 95.5 Å². The van der Waals surface area contributed by atoms with Crippen LogP contribution in [0.2, 0.25) is 5.02 Å². The lowest BCUT2D eigenvalue weighted by atomic mass is 9.84. The van der Waals surface area contributed by atoms with Gasteiger partial charge in [0.2, 0.25) is 5.91 Å². The lowest BCUT2D eigenvalue weighted by Crippen LogP contribution is -2.27. The highest BCUT2D eigenvalue weighted by Gasteiger charge is 2.23. The quantitative estimate of drug-likeness (QED) is 0.318. The molecule has 0 heterocycles. The Hall–Kier alpha value is -3.00. The van der Waals surface area contributed by atoms with Gasteiger partial charge in [0.1, 0.15) is 0 Å². The van der Waals surface area contributed by atoms with Gasteiger partial charge in [-0.25, -0.2) is 4.21 Å². The number of halogens is 1. The molecule has 2 unspecified atom stereocenters. The van der Waals surface area contributed by atoms with Crippen molar-refractivity contribution < 1.29 is 18.4 Å². The summed E-state index contributed by atoms with van der Waals surface area (Å²) in [6.07, 6.45) is 0.437. The van der Waals surface area contributed by atoms with Crippen LogP contribution >= 0.6 is 11.6 Å². The van der Waals surface area contributed by atoms with Crippen LogP contribution in [0.5, 0.6) is 0 Å². The van der Waals surface area contributed by atoms with Gasteiger partial charge >= 0.3 is 0 Å². The van der Waals surface area contributed by atoms with Gasteiger partial charge in [-0.2, -0.15) is 0 Å². The highest BCUT2D eigenvalue weighted by Crippen LogP contribution is 2.28. The van der Waals surface area contributed by atoms with Crippen LogP contribution in [0.15, 0.2) is 72.8 Å². The predicted octanol–water partition coefficient (Wildman–Crippen LogP) is 5.55.